The number of hydrogen-bond donors (Lipinski definition) is 2. The van der Waals surface area contributed by atoms with Crippen LogP contribution in [0.25, 0.3) is 22.3 Å². The van der Waals surface area contributed by atoms with Crippen molar-refractivity contribution >= 4 is 22.6 Å². The number of benzene rings is 2. The minimum absolute atomic E-state index is 0.0465. The van der Waals surface area contributed by atoms with Crippen molar-refractivity contribution in [2.24, 2.45) is 0 Å². The van der Waals surface area contributed by atoms with E-state index in [1.165, 1.54) is 19.2 Å². The first-order valence-electron chi connectivity index (χ1n) is 10.1. The van der Waals surface area contributed by atoms with Gasteiger partial charge in [-0.25, -0.2) is 0 Å². The van der Waals surface area contributed by atoms with Gasteiger partial charge in [0.25, 0.3) is 0 Å². The highest BCUT2D eigenvalue weighted by Crippen LogP contribution is 2.37. The molecule has 7 nitrogen and oxygen atoms in total. The van der Waals surface area contributed by atoms with Crippen LogP contribution in [0, 0.1) is 0 Å². The van der Waals surface area contributed by atoms with Gasteiger partial charge < -0.3 is 24.1 Å². The number of halogens is 1. The van der Waals surface area contributed by atoms with Gasteiger partial charge in [-0.3, -0.25) is 9.69 Å². The first-order valence-corrected chi connectivity index (χ1v) is 10.5. The fourth-order valence-corrected chi connectivity index (χ4v) is 4.12. The molecule has 3 aromatic rings. The van der Waals surface area contributed by atoms with Crippen molar-refractivity contribution in [2.45, 2.75) is 12.5 Å². The fraction of sp³-hybridized carbons (Fsp3) is 0.348. The summed E-state index contributed by atoms with van der Waals surface area (Å²) >= 11 is 6.29. The summed E-state index contributed by atoms with van der Waals surface area (Å²) in [5.74, 6) is 0.378. The quantitative estimate of drug-likeness (QED) is 0.602. The smallest absolute Gasteiger partial charge is 0.197 e. The lowest BCUT2D eigenvalue weighted by molar-refractivity contribution is 0.0148. The zero-order chi connectivity index (χ0) is 22.0. The van der Waals surface area contributed by atoms with Crippen LogP contribution in [0.15, 0.2) is 45.6 Å². The van der Waals surface area contributed by atoms with Gasteiger partial charge in [0.1, 0.15) is 28.2 Å². The first-order chi connectivity index (χ1) is 15.0. The molecule has 0 bridgehead atoms. The van der Waals surface area contributed by atoms with Crippen LogP contribution in [-0.4, -0.2) is 61.2 Å². The summed E-state index contributed by atoms with van der Waals surface area (Å²) < 4.78 is 16.9. The molecule has 31 heavy (non-hydrogen) atoms. The van der Waals surface area contributed by atoms with E-state index in [1.54, 1.807) is 24.3 Å². The maximum atomic E-state index is 12.9. The number of morpholine rings is 1. The second kappa shape index (κ2) is 9.28. The highest BCUT2D eigenvalue weighted by atomic mass is 35.5. The molecule has 1 aromatic heterocycles. The molecule has 1 unspecified atom stereocenters. The molecule has 0 spiro atoms. The lowest BCUT2D eigenvalue weighted by Gasteiger charge is -2.28. The minimum atomic E-state index is -0.728. The third-order valence-corrected chi connectivity index (χ3v) is 5.74. The Balaban J connectivity index is 1.79. The summed E-state index contributed by atoms with van der Waals surface area (Å²) in [6, 6.07) is 9.72. The Kier molecular flexibility index (Phi) is 6.48. The van der Waals surface area contributed by atoms with Crippen molar-refractivity contribution in [1.29, 1.82) is 0 Å². The second-order valence-corrected chi connectivity index (χ2v) is 7.91. The zero-order valence-electron chi connectivity index (χ0n) is 17.1. The summed E-state index contributed by atoms with van der Waals surface area (Å²) in [4.78, 5) is 15.0. The SMILES string of the molecule is COc1cc(O)c2c(=O)cc(-c3ccccc3Cl)oc2c1CC(O)CN1CCOCC1. The predicted molar refractivity (Wildman–Crippen MR) is 118 cm³/mol. The van der Waals surface area contributed by atoms with Crippen LogP contribution in [0.1, 0.15) is 5.56 Å². The lowest BCUT2D eigenvalue weighted by Crippen LogP contribution is -2.41. The summed E-state index contributed by atoms with van der Waals surface area (Å²) in [6.07, 6.45) is -0.541. The Bertz CT molecular complexity index is 1140. The zero-order valence-corrected chi connectivity index (χ0v) is 17.9. The van der Waals surface area contributed by atoms with Gasteiger partial charge in [0.15, 0.2) is 5.43 Å². The summed E-state index contributed by atoms with van der Waals surface area (Å²) in [6.45, 7) is 3.21. The number of methoxy groups -OCH3 is 1. The Morgan fingerprint density at radius 1 is 1.23 bits per heavy atom. The molecule has 164 valence electrons. The van der Waals surface area contributed by atoms with Crippen molar-refractivity contribution < 1.29 is 24.1 Å². The molecule has 0 radical (unpaired) electrons. The number of β-amino-alcohol motifs (C(OH)–C–C–N with tert-alkyl or cyclic N) is 1. The van der Waals surface area contributed by atoms with Gasteiger partial charge in [-0.05, 0) is 12.1 Å². The van der Waals surface area contributed by atoms with Crippen LogP contribution in [0.5, 0.6) is 11.5 Å². The van der Waals surface area contributed by atoms with E-state index in [0.717, 1.165) is 13.1 Å². The van der Waals surface area contributed by atoms with E-state index in [-0.39, 0.29) is 28.9 Å². The first kappa shape index (κ1) is 21.6. The molecule has 0 aliphatic carbocycles. The largest absolute Gasteiger partial charge is 0.507 e. The highest BCUT2D eigenvalue weighted by molar-refractivity contribution is 6.33. The molecule has 0 saturated carbocycles. The topological polar surface area (TPSA) is 92.4 Å². The molecule has 2 N–H and O–H groups in total. The molecule has 1 fully saturated rings. The average Bonchev–Trinajstić information content (AvgIpc) is 2.76. The number of rotatable bonds is 6. The van der Waals surface area contributed by atoms with Gasteiger partial charge in [0.2, 0.25) is 0 Å². The molecule has 8 heteroatoms. The number of aliphatic hydroxyl groups excluding tert-OH is 1. The van der Waals surface area contributed by atoms with Gasteiger partial charge in [0.05, 0.1) is 31.5 Å². The monoisotopic (exact) mass is 445 g/mol. The molecular weight excluding hydrogens is 422 g/mol. The molecule has 1 saturated heterocycles. The molecule has 2 heterocycles. The van der Waals surface area contributed by atoms with Gasteiger partial charge in [-0.2, -0.15) is 0 Å². The minimum Gasteiger partial charge on any atom is -0.507 e. The molecular formula is C23H24ClNO6. The van der Waals surface area contributed by atoms with E-state index in [9.17, 15) is 15.0 Å². The van der Waals surface area contributed by atoms with E-state index >= 15 is 0 Å². The summed E-state index contributed by atoms with van der Waals surface area (Å²) in [5.41, 5.74) is 0.855. The number of hydrogen-bond acceptors (Lipinski definition) is 7. The Hall–Kier alpha value is -2.58. The molecule has 2 aromatic carbocycles. The van der Waals surface area contributed by atoms with Crippen LogP contribution in [0.3, 0.4) is 0 Å². The normalized spacial score (nSPS) is 15.8. The van der Waals surface area contributed by atoms with Crippen molar-refractivity contribution in [2.75, 3.05) is 40.0 Å². The summed E-state index contributed by atoms with van der Waals surface area (Å²) in [7, 11) is 1.47. The Morgan fingerprint density at radius 2 is 1.97 bits per heavy atom. The van der Waals surface area contributed by atoms with Gasteiger partial charge in [-0.1, -0.05) is 23.7 Å². The van der Waals surface area contributed by atoms with Gasteiger partial charge >= 0.3 is 0 Å². The number of phenols is 1. The van der Waals surface area contributed by atoms with Crippen LogP contribution in [0.2, 0.25) is 5.02 Å². The molecule has 1 atom stereocenters. The number of phenolic OH excluding ortho intramolecular Hbond substituents is 1. The lowest BCUT2D eigenvalue weighted by atomic mass is 10.0. The van der Waals surface area contributed by atoms with Gasteiger partial charge in [-0.15, -0.1) is 0 Å². The standard InChI is InChI=1S/C23H24ClNO6/c1-29-20-11-18(27)22-19(28)12-21(15-4-2-3-5-17(15)24)31-23(22)16(20)10-14(26)13-25-6-8-30-9-7-25/h2-5,11-12,14,26-27H,6-10,13H2,1H3. The Morgan fingerprint density at radius 3 is 2.68 bits per heavy atom. The van der Waals surface area contributed by atoms with Crippen LogP contribution >= 0.6 is 11.6 Å². The third-order valence-electron chi connectivity index (χ3n) is 5.41. The second-order valence-electron chi connectivity index (χ2n) is 7.51. The van der Waals surface area contributed by atoms with Crippen LogP contribution in [0.4, 0.5) is 0 Å². The number of nitrogens with zero attached hydrogens (tertiary/aromatic N) is 1. The molecule has 0 amide bonds. The van der Waals surface area contributed by atoms with E-state index in [0.29, 0.717) is 41.7 Å². The van der Waals surface area contributed by atoms with E-state index < -0.39 is 11.5 Å². The number of fused-ring (bicyclic) bond motifs is 1. The van der Waals surface area contributed by atoms with E-state index in [4.69, 9.17) is 25.5 Å². The van der Waals surface area contributed by atoms with E-state index in [1.807, 2.05) is 0 Å². The Labute approximate surface area is 184 Å². The number of aromatic hydroxyl groups is 1. The number of aliphatic hydroxyl groups is 1. The average molecular weight is 446 g/mol. The molecule has 4 rings (SSSR count). The van der Waals surface area contributed by atoms with Crippen molar-refractivity contribution in [3.63, 3.8) is 0 Å². The predicted octanol–water partition coefficient (Wildman–Crippen LogP) is 3.06. The van der Waals surface area contributed by atoms with Crippen molar-refractivity contribution in [3.8, 4) is 22.8 Å². The maximum absolute atomic E-state index is 12.9. The van der Waals surface area contributed by atoms with Gasteiger partial charge in [0, 0.05) is 49.3 Å². The maximum Gasteiger partial charge on any atom is 0.197 e. The van der Waals surface area contributed by atoms with E-state index in [2.05, 4.69) is 4.90 Å². The molecule has 1 aliphatic heterocycles. The van der Waals surface area contributed by atoms with Crippen molar-refractivity contribution in [3.05, 3.63) is 57.2 Å². The summed E-state index contributed by atoms with van der Waals surface area (Å²) in [5, 5.41) is 21.7. The third kappa shape index (κ3) is 4.55. The number of ether oxygens (including phenoxy) is 2. The van der Waals surface area contributed by atoms with Crippen LogP contribution in [-0.2, 0) is 11.2 Å². The molecule has 1 aliphatic rings. The van der Waals surface area contributed by atoms with Crippen molar-refractivity contribution in [1.82, 2.24) is 4.90 Å². The fourth-order valence-electron chi connectivity index (χ4n) is 3.90. The van der Waals surface area contributed by atoms with Crippen LogP contribution < -0.4 is 10.2 Å². The highest BCUT2D eigenvalue weighted by Gasteiger charge is 2.23.